The minimum atomic E-state index is -0.449. The second-order valence-corrected chi connectivity index (χ2v) is 4.46. The molecule has 0 amide bonds. The number of nitrogen functional groups attached to an aromatic ring is 1. The Bertz CT molecular complexity index is 702. The standard InChI is InChI=1S/C13H15N5O3/c1-7-4-8(2)10(5-9(7)18(19)20)21-12-6-11(15-3)16-13(14)17-12/h4-6H,1-3H3,(H3,14,15,16,17). The molecule has 21 heavy (non-hydrogen) atoms. The molecule has 0 unspecified atom stereocenters. The molecule has 0 fully saturated rings. The third-order valence-corrected chi connectivity index (χ3v) is 2.88. The first-order chi connectivity index (χ1) is 9.90. The van der Waals surface area contributed by atoms with E-state index in [0.717, 1.165) is 5.56 Å². The van der Waals surface area contributed by atoms with Crippen LogP contribution in [0.2, 0.25) is 0 Å². The lowest BCUT2D eigenvalue weighted by atomic mass is 10.1. The molecule has 2 aromatic rings. The van der Waals surface area contributed by atoms with Gasteiger partial charge in [0.2, 0.25) is 11.8 Å². The van der Waals surface area contributed by atoms with Gasteiger partial charge in [-0.25, -0.2) is 0 Å². The van der Waals surface area contributed by atoms with E-state index in [1.165, 1.54) is 6.07 Å². The molecule has 2 rings (SSSR count). The SMILES string of the molecule is CNc1cc(Oc2cc([N+](=O)[O-])c(C)cc2C)nc(N)n1. The summed E-state index contributed by atoms with van der Waals surface area (Å²) in [5.74, 6) is 1.12. The fraction of sp³-hybridized carbons (Fsp3) is 0.231. The summed E-state index contributed by atoms with van der Waals surface area (Å²) in [6.45, 7) is 3.48. The summed E-state index contributed by atoms with van der Waals surface area (Å²) in [4.78, 5) is 18.4. The molecule has 110 valence electrons. The highest BCUT2D eigenvalue weighted by atomic mass is 16.6. The molecule has 0 atom stereocenters. The molecular formula is C13H15N5O3. The Labute approximate surface area is 121 Å². The quantitative estimate of drug-likeness (QED) is 0.655. The maximum Gasteiger partial charge on any atom is 0.276 e. The lowest BCUT2D eigenvalue weighted by molar-refractivity contribution is -0.385. The molecule has 8 nitrogen and oxygen atoms in total. The summed E-state index contributed by atoms with van der Waals surface area (Å²) in [7, 11) is 1.69. The smallest absolute Gasteiger partial charge is 0.276 e. The van der Waals surface area contributed by atoms with E-state index in [4.69, 9.17) is 10.5 Å². The summed E-state index contributed by atoms with van der Waals surface area (Å²) < 4.78 is 5.60. The van der Waals surface area contributed by atoms with Crippen molar-refractivity contribution >= 4 is 17.5 Å². The Hall–Kier alpha value is -2.90. The maximum absolute atomic E-state index is 11.0. The third-order valence-electron chi connectivity index (χ3n) is 2.88. The largest absolute Gasteiger partial charge is 0.438 e. The lowest BCUT2D eigenvalue weighted by Crippen LogP contribution is -2.02. The first kappa shape index (κ1) is 14.5. The topological polar surface area (TPSA) is 116 Å². The fourth-order valence-corrected chi connectivity index (χ4v) is 1.86. The highest BCUT2D eigenvalue weighted by Crippen LogP contribution is 2.31. The van der Waals surface area contributed by atoms with Crippen LogP contribution in [-0.4, -0.2) is 21.9 Å². The van der Waals surface area contributed by atoms with Crippen LogP contribution in [0, 0.1) is 24.0 Å². The number of nitro benzene ring substituents is 1. The molecule has 0 radical (unpaired) electrons. The van der Waals surface area contributed by atoms with Gasteiger partial charge < -0.3 is 15.8 Å². The zero-order valence-corrected chi connectivity index (χ0v) is 11.9. The second kappa shape index (κ2) is 5.61. The van der Waals surface area contributed by atoms with Crippen LogP contribution in [0.15, 0.2) is 18.2 Å². The molecule has 0 saturated carbocycles. The highest BCUT2D eigenvalue weighted by molar-refractivity contribution is 5.51. The first-order valence-electron chi connectivity index (χ1n) is 6.16. The predicted molar refractivity (Wildman–Crippen MR) is 78.6 cm³/mol. The van der Waals surface area contributed by atoms with Crippen molar-refractivity contribution in [3.63, 3.8) is 0 Å². The molecular weight excluding hydrogens is 274 g/mol. The summed E-state index contributed by atoms with van der Waals surface area (Å²) in [5.41, 5.74) is 6.91. The number of aryl methyl sites for hydroxylation is 2. The highest BCUT2D eigenvalue weighted by Gasteiger charge is 2.15. The van der Waals surface area contributed by atoms with Gasteiger partial charge in [-0.2, -0.15) is 9.97 Å². The minimum Gasteiger partial charge on any atom is -0.438 e. The molecule has 1 aromatic carbocycles. The van der Waals surface area contributed by atoms with E-state index in [1.807, 2.05) is 0 Å². The Morgan fingerprint density at radius 1 is 1.24 bits per heavy atom. The van der Waals surface area contributed by atoms with E-state index in [1.54, 1.807) is 33.0 Å². The van der Waals surface area contributed by atoms with Crippen molar-refractivity contribution in [1.29, 1.82) is 0 Å². The molecule has 3 N–H and O–H groups in total. The van der Waals surface area contributed by atoms with Crippen LogP contribution in [0.25, 0.3) is 0 Å². The van der Waals surface area contributed by atoms with Crippen LogP contribution in [-0.2, 0) is 0 Å². The fourth-order valence-electron chi connectivity index (χ4n) is 1.86. The van der Waals surface area contributed by atoms with Crippen molar-refractivity contribution < 1.29 is 9.66 Å². The van der Waals surface area contributed by atoms with E-state index in [-0.39, 0.29) is 17.5 Å². The van der Waals surface area contributed by atoms with E-state index < -0.39 is 4.92 Å². The Morgan fingerprint density at radius 3 is 2.57 bits per heavy atom. The average molecular weight is 289 g/mol. The van der Waals surface area contributed by atoms with Crippen molar-refractivity contribution in [3.05, 3.63) is 39.4 Å². The van der Waals surface area contributed by atoms with Crippen molar-refractivity contribution in [2.75, 3.05) is 18.1 Å². The van der Waals surface area contributed by atoms with E-state index in [2.05, 4.69) is 15.3 Å². The summed E-state index contributed by atoms with van der Waals surface area (Å²) in [5, 5.41) is 13.8. The van der Waals surface area contributed by atoms with E-state index in [9.17, 15) is 10.1 Å². The number of nitrogens with two attached hydrogens (primary N) is 1. The van der Waals surface area contributed by atoms with Gasteiger partial charge in [0, 0.05) is 18.7 Å². The number of nitrogens with zero attached hydrogens (tertiary/aromatic N) is 3. The van der Waals surface area contributed by atoms with Gasteiger partial charge in [-0.15, -0.1) is 0 Å². The van der Waals surface area contributed by atoms with Gasteiger partial charge in [0.15, 0.2) is 0 Å². The molecule has 1 heterocycles. The normalized spacial score (nSPS) is 10.2. The second-order valence-electron chi connectivity index (χ2n) is 4.46. The molecule has 0 spiro atoms. The van der Waals surface area contributed by atoms with Crippen LogP contribution in [0.4, 0.5) is 17.5 Å². The van der Waals surface area contributed by atoms with Crippen LogP contribution < -0.4 is 15.8 Å². The monoisotopic (exact) mass is 289 g/mol. The van der Waals surface area contributed by atoms with Crippen molar-refractivity contribution in [1.82, 2.24) is 9.97 Å². The zero-order chi connectivity index (χ0) is 15.6. The number of benzene rings is 1. The predicted octanol–water partition coefficient (Wildman–Crippen LogP) is 2.42. The molecule has 0 bridgehead atoms. The minimum absolute atomic E-state index is 0.00790. The summed E-state index contributed by atoms with van der Waals surface area (Å²) >= 11 is 0. The van der Waals surface area contributed by atoms with Crippen LogP contribution >= 0.6 is 0 Å². The van der Waals surface area contributed by atoms with Gasteiger partial charge in [-0.05, 0) is 25.5 Å². The van der Waals surface area contributed by atoms with Gasteiger partial charge in [0.1, 0.15) is 11.6 Å². The summed E-state index contributed by atoms with van der Waals surface area (Å²) in [6.07, 6.45) is 0. The number of nitrogens with one attached hydrogen (secondary N) is 1. The van der Waals surface area contributed by atoms with Gasteiger partial charge in [0.25, 0.3) is 5.69 Å². The van der Waals surface area contributed by atoms with E-state index in [0.29, 0.717) is 17.1 Å². The number of anilines is 2. The number of ether oxygens (including phenoxy) is 1. The van der Waals surface area contributed by atoms with Crippen molar-refractivity contribution in [3.8, 4) is 11.6 Å². The molecule has 0 aliphatic carbocycles. The summed E-state index contributed by atoms with van der Waals surface area (Å²) in [6, 6.07) is 4.63. The van der Waals surface area contributed by atoms with Gasteiger partial charge in [-0.1, -0.05) is 0 Å². The van der Waals surface area contributed by atoms with Crippen LogP contribution in [0.5, 0.6) is 11.6 Å². The molecule has 0 saturated heterocycles. The van der Waals surface area contributed by atoms with Crippen molar-refractivity contribution in [2.24, 2.45) is 0 Å². The zero-order valence-electron chi connectivity index (χ0n) is 11.9. The van der Waals surface area contributed by atoms with Gasteiger partial charge >= 0.3 is 0 Å². The Balaban J connectivity index is 2.41. The van der Waals surface area contributed by atoms with Crippen LogP contribution in [0.3, 0.4) is 0 Å². The van der Waals surface area contributed by atoms with E-state index >= 15 is 0 Å². The first-order valence-corrected chi connectivity index (χ1v) is 6.16. The Morgan fingerprint density at radius 2 is 1.95 bits per heavy atom. The van der Waals surface area contributed by atoms with Gasteiger partial charge in [-0.3, -0.25) is 10.1 Å². The van der Waals surface area contributed by atoms with Crippen molar-refractivity contribution in [2.45, 2.75) is 13.8 Å². The third kappa shape index (κ3) is 3.16. The number of aromatic nitrogens is 2. The number of rotatable bonds is 4. The molecule has 1 aromatic heterocycles. The Kier molecular flexibility index (Phi) is 3.88. The maximum atomic E-state index is 11.0. The molecule has 8 heteroatoms. The van der Waals surface area contributed by atoms with Gasteiger partial charge in [0.05, 0.1) is 11.0 Å². The molecule has 0 aliphatic rings. The number of nitro groups is 1. The lowest BCUT2D eigenvalue weighted by Gasteiger charge is -2.10. The molecule has 0 aliphatic heterocycles. The van der Waals surface area contributed by atoms with Crippen LogP contribution in [0.1, 0.15) is 11.1 Å². The number of hydrogen-bond donors (Lipinski definition) is 2. The average Bonchev–Trinajstić information content (AvgIpc) is 2.40. The number of hydrogen-bond acceptors (Lipinski definition) is 7.